The Morgan fingerprint density at radius 2 is 2.36 bits per heavy atom. The standard InChI is InChI=1S/C6H12NO3P/c8-6-2-1-3-7(6)4-5-11(9)10/h11H,1-5H2,(H,9,10). The zero-order valence-corrected chi connectivity index (χ0v) is 7.25. The van der Waals surface area contributed by atoms with Crippen LogP contribution in [0.2, 0.25) is 0 Å². The molecule has 1 aliphatic rings. The smallest absolute Gasteiger partial charge is 0.222 e. The molecule has 0 bridgehead atoms. The predicted octanol–water partition coefficient (Wildman–Crippen LogP) is 0.0758. The van der Waals surface area contributed by atoms with Gasteiger partial charge in [-0.05, 0) is 6.42 Å². The SMILES string of the molecule is O=C1CCCN1CC[PH](=O)O. The van der Waals surface area contributed by atoms with Crippen molar-refractivity contribution in [1.82, 2.24) is 4.90 Å². The Balaban J connectivity index is 2.26. The van der Waals surface area contributed by atoms with Crippen molar-refractivity contribution < 1.29 is 14.3 Å². The summed E-state index contributed by atoms with van der Waals surface area (Å²) < 4.78 is 10.3. The molecule has 1 fully saturated rings. The number of carbonyl (C=O) groups is 1. The highest BCUT2D eigenvalue weighted by atomic mass is 31.1. The quantitative estimate of drug-likeness (QED) is 0.621. The first-order valence-corrected chi connectivity index (χ1v) is 5.26. The number of hydrogen-bond acceptors (Lipinski definition) is 2. The molecule has 1 unspecified atom stereocenters. The molecule has 0 saturated carbocycles. The minimum absolute atomic E-state index is 0.119. The number of nitrogens with zero attached hydrogens (tertiary/aromatic N) is 1. The zero-order valence-electron chi connectivity index (χ0n) is 6.25. The van der Waals surface area contributed by atoms with Gasteiger partial charge in [0.05, 0.1) is 0 Å². The molecule has 0 aromatic carbocycles. The zero-order chi connectivity index (χ0) is 8.27. The minimum Gasteiger partial charge on any atom is -0.346 e. The van der Waals surface area contributed by atoms with Crippen LogP contribution in [0, 0.1) is 0 Å². The van der Waals surface area contributed by atoms with Crippen LogP contribution in [0.1, 0.15) is 12.8 Å². The molecule has 0 spiro atoms. The monoisotopic (exact) mass is 177 g/mol. The number of likely N-dealkylation sites (tertiary alicyclic amines) is 1. The van der Waals surface area contributed by atoms with Gasteiger partial charge in [-0.15, -0.1) is 0 Å². The van der Waals surface area contributed by atoms with Gasteiger partial charge in [-0.25, -0.2) is 0 Å². The summed E-state index contributed by atoms with van der Waals surface area (Å²) in [5.74, 6) is 0.119. The molecule has 11 heavy (non-hydrogen) atoms. The second-order valence-corrected chi connectivity index (χ2v) is 3.92. The van der Waals surface area contributed by atoms with Gasteiger partial charge in [0.15, 0.2) is 8.03 Å². The summed E-state index contributed by atoms with van der Waals surface area (Å²) in [5, 5.41) is 0. The average molecular weight is 177 g/mol. The van der Waals surface area contributed by atoms with Gasteiger partial charge in [-0.2, -0.15) is 0 Å². The second-order valence-electron chi connectivity index (χ2n) is 2.63. The van der Waals surface area contributed by atoms with E-state index in [2.05, 4.69) is 0 Å². The Kier molecular flexibility index (Phi) is 3.09. The van der Waals surface area contributed by atoms with Crippen molar-refractivity contribution in [2.45, 2.75) is 12.8 Å². The predicted molar refractivity (Wildman–Crippen MR) is 41.9 cm³/mol. The third kappa shape index (κ3) is 2.64. The highest BCUT2D eigenvalue weighted by Crippen LogP contribution is 2.15. The molecule has 5 heteroatoms. The highest BCUT2D eigenvalue weighted by molar-refractivity contribution is 7.38. The van der Waals surface area contributed by atoms with Crippen LogP contribution in [0.4, 0.5) is 0 Å². The van der Waals surface area contributed by atoms with Gasteiger partial charge < -0.3 is 9.79 Å². The lowest BCUT2D eigenvalue weighted by Gasteiger charge is -2.13. The summed E-state index contributed by atoms with van der Waals surface area (Å²) in [7, 11) is -2.39. The van der Waals surface area contributed by atoms with E-state index in [9.17, 15) is 9.36 Å². The van der Waals surface area contributed by atoms with Gasteiger partial charge in [-0.3, -0.25) is 9.36 Å². The van der Waals surface area contributed by atoms with Gasteiger partial charge in [0.25, 0.3) is 0 Å². The first kappa shape index (κ1) is 8.75. The Bertz CT molecular complexity index is 183. The summed E-state index contributed by atoms with van der Waals surface area (Å²) in [5.41, 5.74) is 0. The molecule has 0 aromatic heterocycles. The molecule has 1 rings (SSSR count). The summed E-state index contributed by atoms with van der Waals surface area (Å²) in [6.45, 7) is 1.21. The van der Waals surface area contributed by atoms with E-state index >= 15 is 0 Å². The molecule has 1 aliphatic heterocycles. The Hall–Kier alpha value is -0.340. The lowest BCUT2D eigenvalue weighted by atomic mass is 10.4. The van der Waals surface area contributed by atoms with E-state index in [0.717, 1.165) is 13.0 Å². The molecular weight excluding hydrogens is 165 g/mol. The molecule has 1 heterocycles. The summed E-state index contributed by atoms with van der Waals surface area (Å²) in [4.78, 5) is 21.1. The van der Waals surface area contributed by atoms with Crippen LogP contribution in [0.5, 0.6) is 0 Å². The fraction of sp³-hybridized carbons (Fsp3) is 0.833. The Morgan fingerprint density at radius 3 is 2.82 bits per heavy atom. The molecule has 0 aliphatic carbocycles. The normalized spacial score (nSPS) is 20.8. The van der Waals surface area contributed by atoms with Crippen LogP contribution in [-0.2, 0) is 9.36 Å². The van der Waals surface area contributed by atoms with Crippen LogP contribution in [0.15, 0.2) is 0 Å². The van der Waals surface area contributed by atoms with Crippen LogP contribution in [0.3, 0.4) is 0 Å². The maximum Gasteiger partial charge on any atom is 0.222 e. The maximum atomic E-state index is 10.9. The molecule has 64 valence electrons. The van der Waals surface area contributed by atoms with Gasteiger partial charge in [0.2, 0.25) is 5.91 Å². The van der Waals surface area contributed by atoms with E-state index in [1.807, 2.05) is 0 Å². The van der Waals surface area contributed by atoms with E-state index < -0.39 is 8.03 Å². The van der Waals surface area contributed by atoms with Gasteiger partial charge in [0.1, 0.15) is 0 Å². The highest BCUT2D eigenvalue weighted by Gasteiger charge is 2.19. The summed E-state index contributed by atoms with van der Waals surface area (Å²) in [6.07, 6.45) is 1.74. The fourth-order valence-electron chi connectivity index (χ4n) is 1.17. The van der Waals surface area contributed by atoms with Crippen LogP contribution in [-0.4, -0.2) is 35.0 Å². The van der Waals surface area contributed by atoms with Gasteiger partial charge >= 0.3 is 0 Å². The lowest BCUT2D eigenvalue weighted by Crippen LogP contribution is -2.26. The fourth-order valence-corrected chi connectivity index (χ4v) is 1.63. The third-order valence-electron chi connectivity index (χ3n) is 1.77. The number of carbonyl (C=O) groups excluding carboxylic acids is 1. The topological polar surface area (TPSA) is 57.6 Å². The first-order chi connectivity index (χ1) is 5.20. The van der Waals surface area contributed by atoms with E-state index in [1.54, 1.807) is 4.90 Å². The maximum absolute atomic E-state index is 10.9. The van der Waals surface area contributed by atoms with Crippen LogP contribution in [0.25, 0.3) is 0 Å². The van der Waals surface area contributed by atoms with Crippen LogP contribution >= 0.6 is 8.03 Å². The lowest BCUT2D eigenvalue weighted by molar-refractivity contribution is -0.127. The van der Waals surface area contributed by atoms with Crippen molar-refractivity contribution in [1.29, 1.82) is 0 Å². The molecule has 1 atom stereocenters. The molecule has 4 nitrogen and oxygen atoms in total. The second kappa shape index (κ2) is 3.88. The Morgan fingerprint density at radius 1 is 1.64 bits per heavy atom. The third-order valence-corrected chi connectivity index (χ3v) is 2.42. The molecule has 0 radical (unpaired) electrons. The number of rotatable bonds is 3. The number of amides is 1. The van der Waals surface area contributed by atoms with E-state index in [0.29, 0.717) is 13.0 Å². The van der Waals surface area contributed by atoms with Crippen molar-refractivity contribution in [2.24, 2.45) is 0 Å². The van der Waals surface area contributed by atoms with Crippen molar-refractivity contribution in [3.8, 4) is 0 Å². The molecule has 1 N–H and O–H groups in total. The molecule has 1 saturated heterocycles. The summed E-state index contributed by atoms with van der Waals surface area (Å²) in [6, 6.07) is 0. The van der Waals surface area contributed by atoms with Crippen molar-refractivity contribution in [2.75, 3.05) is 19.3 Å². The average Bonchev–Trinajstić information content (AvgIpc) is 2.31. The van der Waals surface area contributed by atoms with Crippen LogP contribution < -0.4 is 0 Å². The molecule has 1 amide bonds. The van der Waals surface area contributed by atoms with Gasteiger partial charge in [-0.1, -0.05) is 0 Å². The van der Waals surface area contributed by atoms with E-state index in [4.69, 9.17) is 4.89 Å². The van der Waals surface area contributed by atoms with Gasteiger partial charge in [0, 0.05) is 25.7 Å². The van der Waals surface area contributed by atoms with Crippen molar-refractivity contribution in [3.63, 3.8) is 0 Å². The van der Waals surface area contributed by atoms with E-state index in [1.165, 1.54) is 0 Å². The summed E-state index contributed by atoms with van der Waals surface area (Å²) >= 11 is 0. The molecular formula is C6H12NO3P. The van der Waals surface area contributed by atoms with Crippen molar-refractivity contribution >= 4 is 13.9 Å². The number of hydrogen-bond donors (Lipinski definition) is 1. The Labute approximate surface area is 66.1 Å². The molecule has 0 aromatic rings. The first-order valence-electron chi connectivity index (χ1n) is 3.70. The minimum atomic E-state index is -2.39. The van der Waals surface area contributed by atoms with E-state index in [-0.39, 0.29) is 12.1 Å². The largest absolute Gasteiger partial charge is 0.346 e. The van der Waals surface area contributed by atoms with Crippen molar-refractivity contribution in [3.05, 3.63) is 0 Å².